The number of nitrogens with zero attached hydrogens (tertiary/aromatic N) is 1. The summed E-state index contributed by atoms with van der Waals surface area (Å²) in [6, 6.07) is 16.8. The molecule has 0 aliphatic carbocycles. The predicted octanol–water partition coefficient (Wildman–Crippen LogP) is 2.61. The zero-order valence-electron chi connectivity index (χ0n) is 14.7. The van der Waals surface area contributed by atoms with Crippen LogP contribution in [0.5, 0.6) is 0 Å². The Morgan fingerprint density at radius 2 is 1.64 bits per heavy atom. The first-order chi connectivity index (χ1) is 12.1. The number of hydrogen-bond acceptors (Lipinski definition) is 3. The maximum atomic E-state index is 12.3. The van der Waals surface area contributed by atoms with E-state index >= 15 is 0 Å². The first kappa shape index (κ1) is 18.7. The summed E-state index contributed by atoms with van der Waals surface area (Å²) in [5.74, 6) is -0.370. The molecule has 0 bridgehead atoms. The van der Waals surface area contributed by atoms with Crippen LogP contribution in [0.1, 0.15) is 28.4 Å². The highest BCUT2D eigenvalue weighted by molar-refractivity contribution is 5.96. The summed E-state index contributed by atoms with van der Waals surface area (Å²) in [4.78, 5) is 25.8. The number of hydrogen-bond donors (Lipinski definition) is 1. The summed E-state index contributed by atoms with van der Waals surface area (Å²) >= 11 is 0. The molecule has 2 aromatic carbocycles. The third-order valence-corrected chi connectivity index (χ3v) is 3.80. The minimum absolute atomic E-state index is 0.0152. The number of carbonyl (C=O) groups excluding carboxylic acids is 2. The fourth-order valence-corrected chi connectivity index (χ4v) is 2.42. The van der Waals surface area contributed by atoms with Gasteiger partial charge in [-0.2, -0.15) is 0 Å². The Labute approximate surface area is 148 Å². The molecule has 0 aromatic heterocycles. The largest absolute Gasteiger partial charge is 0.377 e. The van der Waals surface area contributed by atoms with Gasteiger partial charge in [-0.15, -0.1) is 0 Å². The third-order valence-electron chi connectivity index (χ3n) is 3.80. The molecule has 25 heavy (non-hydrogen) atoms. The Morgan fingerprint density at radius 3 is 2.32 bits per heavy atom. The maximum Gasteiger partial charge on any atom is 0.254 e. The van der Waals surface area contributed by atoms with Gasteiger partial charge >= 0.3 is 0 Å². The molecule has 2 rings (SSSR count). The summed E-state index contributed by atoms with van der Waals surface area (Å²) < 4.78 is 5.45. The highest BCUT2D eigenvalue weighted by atomic mass is 16.5. The van der Waals surface area contributed by atoms with Crippen LogP contribution in [0.15, 0.2) is 54.6 Å². The van der Waals surface area contributed by atoms with Crippen molar-refractivity contribution in [3.63, 3.8) is 0 Å². The molecule has 0 saturated heterocycles. The van der Waals surface area contributed by atoms with Gasteiger partial charge in [-0.05, 0) is 30.2 Å². The maximum absolute atomic E-state index is 12.3. The summed E-state index contributed by atoms with van der Waals surface area (Å²) in [6.45, 7) is 3.54. The Balaban J connectivity index is 1.87. The molecular weight excluding hydrogens is 316 g/mol. The van der Waals surface area contributed by atoms with Gasteiger partial charge in [0.1, 0.15) is 0 Å². The molecule has 5 heteroatoms. The molecule has 0 spiro atoms. The first-order valence-corrected chi connectivity index (χ1v) is 8.33. The van der Waals surface area contributed by atoms with Crippen molar-refractivity contribution < 1.29 is 14.3 Å². The molecule has 132 valence electrons. The van der Waals surface area contributed by atoms with Crippen molar-refractivity contribution in [2.45, 2.75) is 20.1 Å². The third kappa shape index (κ3) is 5.72. The van der Waals surface area contributed by atoms with Crippen molar-refractivity contribution >= 4 is 11.8 Å². The predicted molar refractivity (Wildman–Crippen MR) is 97.0 cm³/mol. The van der Waals surface area contributed by atoms with Crippen LogP contribution < -0.4 is 5.32 Å². The van der Waals surface area contributed by atoms with Gasteiger partial charge in [-0.1, -0.05) is 42.5 Å². The molecule has 2 aromatic rings. The van der Waals surface area contributed by atoms with Crippen molar-refractivity contribution in [3.8, 4) is 0 Å². The van der Waals surface area contributed by atoms with E-state index < -0.39 is 0 Å². The van der Waals surface area contributed by atoms with Gasteiger partial charge in [-0.3, -0.25) is 9.59 Å². The van der Waals surface area contributed by atoms with E-state index in [2.05, 4.69) is 5.32 Å². The minimum Gasteiger partial charge on any atom is -0.377 e. The molecule has 0 aliphatic heterocycles. The van der Waals surface area contributed by atoms with Gasteiger partial charge < -0.3 is 15.0 Å². The zero-order chi connectivity index (χ0) is 18.1. The van der Waals surface area contributed by atoms with Crippen LogP contribution >= 0.6 is 0 Å². The average Bonchev–Trinajstić information content (AvgIpc) is 2.65. The van der Waals surface area contributed by atoms with Gasteiger partial charge in [0.2, 0.25) is 5.91 Å². The molecular formula is C20H24N2O3. The summed E-state index contributed by atoms with van der Waals surface area (Å²) in [5, 5.41) is 2.86. The lowest BCUT2D eigenvalue weighted by Crippen LogP contribution is -2.38. The number of amides is 2. The topological polar surface area (TPSA) is 58.6 Å². The minimum atomic E-state index is -0.196. The number of likely N-dealkylation sites (N-methyl/N-ethyl adjacent to an activating group) is 1. The quantitative estimate of drug-likeness (QED) is 0.804. The smallest absolute Gasteiger partial charge is 0.254 e. The van der Waals surface area contributed by atoms with Crippen molar-refractivity contribution in [1.82, 2.24) is 10.2 Å². The summed E-state index contributed by atoms with van der Waals surface area (Å²) in [7, 11) is 1.62. The van der Waals surface area contributed by atoms with Gasteiger partial charge in [-0.25, -0.2) is 0 Å². The molecule has 0 unspecified atom stereocenters. The lowest BCUT2D eigenvalue weighted by Gasteiger charge is -2.17. The monoisotopic (exact) mass is 340 g/mol. The Morgan fingerprint density at radius 1 is 1.00 bits per heavy atom. The van der Waals surface area contributed by atoms with Crippen molar-refractivity contribution in [2.24, 2.45) is 0 Å². The van der Waals surface area contributed by atoms with Crippen molar-refractivity contribution in [2.75, 3.05) is 20.2 Å². The highest BCUT2D eigenvalue weighted by Gasteiger charge is 2.14. The van der Waals surface area contributed by atoms with Gasteiger partial charge in [0.05, 0.1) is 13.2 Å². The zero-order valence-corrected chi connectivity index (χ0v) is 14.7. The number of ether oxygens (including phenoxy) is 1. The van der Waals surface area contributed by atoms with Gasteiger partial charge in [0.15, 0.2) is 0 Å². The van der Waals surface area contributed by atoms with Crippen LogP contribution in [0, 0.1) is 0 Å². The normalized spacial score (nSPS) is 10.3. The van der Waals surface area contributed by atoms with Crippen LogP contribution in [0.25, 0.3) is 0 Å². The second-order valence-electron chi connectivity index (χ2n) is 5.71. The highest BCUT2D eigenvalue weighted by Crippen LogP contribution is 2.10. The molecule has 2 amide bonds. The van der Waals surface area contributed by atoms with Crippen LogP contribution in [-0.2, 0) is 22.7 Å². The summed E-state index contributed by atoms with van der Waals surface area (Å²) in [5.41, 5.74) is 2.64. The molecule has 0 radical (unpaired) electrons. The second kappa shape index (κ2) is 9.59. The van der Waals surface area contributed by atoms with Gasteiger partial charge in [0.25, 0.3) is 5.91 Å². The molecule has 0 saturated carbocycles. The first-order valence-electron chi connectivity index (χ1n) is 8.33. The fourth-order valence-electron chi connectivity index (χ4n) is 2.42. The van der Waals surface area contributed by atoms with Crippen LogP contribution in [-0.4, -0.2) is 36.9 Å². The molecule has 1 N–H and O–H groups in total. The number of carbonyl (C=O) groups is 2. The van der Waals surface area contributed by atoms with Crippen LogP contribution in [0.2, 0.25) is 0 Å². The van der Waals surface area contributed by atoms with Crippen molar-refractivity contribution in [1.29, 1.82) is 0 Å². The number of nitrogens with one attached hydrogen (secondary N) is 1. The number of benzene rings is 2. The SMILES string of the molecule is CCOCc1ccccc1CNC(=O)CN(C)C(=O)c1ccccc1. The molecule has 0 fully saturated rings. The van der Waals surface area contributed by atoms with E-state index in [1.54, 1.807) is 31.3 Å². The molecule has 0 atom stereocenters. The Hall–Kier alpha value is -2.66. The number of rotatable bonds is 8. The standard InChI is InChI=1S/C20H24N2O3/c1-3-25-15-18-12-8-7-11-17(18)13-21-19(23)14-22(2)20(24)16-9-5-4-6-10-16/h4-12H,3,13-15H2,1-2H3,(H,21,23). The van der Waals surface area contributed by atoms with E-state index in [0.717, 1.165) is 11.1 Å². The molecule has 0 aliphatic rings. The summed E-state index contributed by atoms with van der Waals surface area (Å²) in [6.07, 6.45) is 0. The van der Waals surface area contributed by atoms with Crippen LogP contribution in [0.3, 0.4) is 0 Å². The van der Waals surface area contributed by atoms with E-state index in [1.165, 1.54) is 4.90 Å². The van der Waals surface area contributed by atoms with Gasteiger partial charge in [0, 0.05) is 25.8 Å². The molecule has 0 heterocycles. The average molecular weight is 340 g/mol. The fraction of sp³-hybridized carbons (Fsp3) is 0.300. The van der Waals surface area contributed by atoms with Crippen LogP contribution in [0.4, 0.5) is 0 Å². The van der Waals surface area contributed by atoms with Crippen molar-refractivity contribution in [3.05, 3.63) is 71.3 Å². The van der Waals surface area contributed by atoms with E-state index in [9.17, 15) is 9.59 Å². The lowest BCUT2D eigenvalue weighted by molar-refractivity contribution is -0.121. The van der Waals surface area contributed by atoms with E-state index in [0.29, 0.717) is 25.3 Å². The molecule has 5 nitrogen and oxygen atoms in total. The lowest BCUT2D eigenvalue weighted by atomic mass is 10.1. The second-order valence-corrected chi connectivity index (χ2v) is 5.71. The van der Waals surface area contributed by atoms with E-state index in [-0.39, 0.29) is 18.4 Å². The van der Waals surface area contributed by atoms with E-state index in [1.807, 2.05) is 37.3 Å². The van der Waals surface area contributed by atoms with E-state index in [4.69, 9.17) is 4.74 Å². The Kier molecular flexibility index (Phi) is 7.16. The Bertz CT molecular complexity index is 701.